The molecule has 1 unspecified atom stereocenters. The average Bonchev–Trinajstić information content (AvgIpc) is 2.73. The second-order valence-corrected chi connectivity index (χ2v) is 7.73. The molecule has 0 amide bonds. The summed E-state index contributed by atoms with van der Waals surface area (Å²) in [5.74, 6) is 0. The van der Waals surface area contributed by atoms with Gasteiger partial charge in [0.15, 0.2) is 0 Å². The number of benzene rings is 2. The third-order valence-electron chi connectivity index (χ3n) is 5.38. The Kier molecular flexibility index (Phi) is 10.6. The molecular formula is C24H34ClNO2. The van der Waals surface area contributed by atoms with E-state index >= 15 is 0 Å². The number of rotatable bonds is 10. The molecule has 0 spiro atoms. The second-order valence-electron chi connectivity index (χ2n) is 7.73. The van der Waals surface area contributed by atoms with Gasteiger partial charge >= 0.3 is 0 Å². The molecule has 28 heavy (non-hydrogen) atoms. The van der Waals surface area contributed by atoms with Gasteiger partial charge in [-0.2, -0.15) is 0 Å². The van der Waals surface area contributed by atoms with Crippen molar-refractivity contribution in [3.63, 3.8) is 0 Å². The van der Waals surface area contributed by atoms with Gasteiger partial charge in [-0.05, 0) is 36.8 Å². The molecule has 3 nitrogen and oxygen atoms in total. The molecule has 1 fully saturated rings. The summed E-state index contributed by atoms with van der Waals surface area (Å²) in [7, 11) is 0. The molecule has 0 radical (unpaired) electrons. The molecule has 0 heterocycles. The maximum absolute atomic E-state index is 10.4. The van der Waals surface area contributed by atoms with E-state index in [-0.39, 0.29) is 18.5 Å². The van der Waals surface area contributed by atoms with Crippen LogP contribution in [-0.2, 0) is 17.6 Å². The Bertz CT molecular complexity index is 590. The lowest BCUT2D eigenvalue weighted by atomic mass is 9.95. The largest absolute Gasteiger partial charge is 0.389 e. The monoisotopic (exact) mass is 403 g/mol. The molecule has 1 aliphatic rings. The van der Waals surface area contributed by atoms with Gasteiger partial charge in [0.25, 0.3) is 0 Å². The quantitative estimate of drug-likeness (QED) is 0.610. The van der Waals surface area contributed by atoms with Gasteiger partial charge < -0.3 is 15.2 Å². The molecular weight excluding hydrogens is 370 g/mol. The van der Waals surface area contributed by atoms with E-state index in [9.17, 15) is 5.11 Å². The molecule has 2 aromatic rings. The lowest BCUT2D eigenvalue weighted by Gasteiger charge is -2.25. The molecule has 1 saturated carbocycles. The summed E-state index contributed by atoms with van der Waals surface area (Å²) < 4.78 is 6.16. The minimum absolute atomic E-state index is 0. The van der Waals surface area contributed by atoms with Crippen molar-refractivity contribution in [3.05, 3.63) is 71.8 Å². The van der Waals surface area contributed by atoms with Gasteiger partial charge in [-0.15, -0.1) is 12.4 Å². The van der Waals surface area contributed by atoms with Crippen LogP contribution in [0.1, 0.15) is 43.2 Å². The van der Waals surface area contributed by atoms with Crippen LogP contribution >= 0.6 is 12.4 Å². The predicted octanol–water partition coefficient (Wildman–Crippen LogP) is 4.56. The minimum atomic E-state index is -0.457. The first-order chi connectivity index (χ1) is 13.3. The van der Waals surface area contributed by atoms with Crippen LogP contribution in [-0.4, -0.2) is 36.5 Å². The van der Waals surface area contributed by atoms with Crippen molar-refractivity contribution < 1.29 is 9.84 Å². The third kappa shape index (κ3) is 8.32. The minimum Gasteiger partial charge on any atom is -0.389 e. The van der Waals surface area contributed by atoms with Crippen LogP contribution in [0.25, 0.3) is 0 Å². The van der Waals surface area contributed by atoms with Gasteiger partial charge in [0.05, 0.1) is 18.8 Å². The van der Waals surface area contributed by atoms with Crippen LogP contribution in [0.3, 0.4) is 0 Å². The summed E-state index contributed by atoms with van der Waals surface area (Å²) >= 11 is 0. The van der Waals surface area contributed by atoms with Crippen LogP contribution in [0.2, 0.25) is 0 Å². The van der Waals surface area contributed by atoms with Crippen molar-refractivity contribution >= 4 is 12.4 Å². The van der Waals surface area contributed by atoms with E-state index in [1.54, 1.807) is 0 Å². The molecule has 1 aliphatic carbocycles. The summed E-state index contributed by atoms with van der Waals surface area (Å²) in [6, 6.07) is 21.5. The summed E-state index contributed by atoms with van der Waals surface area (Å²) in [5, 5.41) is 13.9. The summed E-state index contributed by atoms with van der Waals surface area (Å²) in [6.07, 6.45) is 7.76. The molecule has 2 N–H and O–H groups in total. The smallest absolute Gasteiger partial charge is 0.0897 e. The van der Waals surface area contributed by atoms with E-state index in [0.717, 1.165) is 12.8 Å². The van der Waals surface area contributed by atoms with Crippen molar-refractivity contribution in [1.82, 2.24) is 5.32 Å². The molecule has 0 aliphatic heterocycles. The number of aliphatic hydroxyl groups is 1. The van der Waals surface area contributed by atoms with Gasteiger partial charge in [-0.25, -0.2) is 0 Å². The lowest BCUT2D eigenvalue weighted by molar-refractivity contribution is -0.00923. The molecule has 154 valence electrons. The zero-order valence-electron chi connectivity index (χ0n) is 16.6. The second kappa shape index (κ2) is 12.9. The van der Waals surface area contributed by atoms with E-state index < -0.39 is 6.10 Å². The van der Waals surface area contributed by atoms with Crippen LogP contribution in [0.5, 0.6) is 0 Å². The first-order valence-corrected chi connectivity index (χ1v) is 10.4. The standard InChI is InChI=1S/C24H33NO2.ClH/c26-23(18-25-22-14-8-3-9-15-22)19-27-24(16-20-10-4-1-5-11-20)17-21-12-6-2-7-13-21;/h1-2,4-7,10-13,22-26H,3,8-9,14-19H2;1H. The van der Waals surface area contributed by atoms with Crippen LogP contribution < -0.4 is 5.32 Å². The van der Waals surface area contributed by atoms with Crippen LogP contribution in [0, 0.1) is 0 Å². The Morgan fingerprint density at radius 3 is 1.93 bits per heavy atom. The topological polar surface area (TPSA) is 41.5 Å². The zero-order valence-corrected chi connectivity index (χ0v) is 17.4. The number of halogens is 1. The van der Waals surface area contributed by atoms with Crippen LogP contribution in [0.4, 0.5) is 0 Å². The van der Waals surface area contributed by atoms with E-state index in [1.807, 2.05) is 12.1 Å². The molecule has 2 aromatic carbocycles. The maximum atomic E-state index is 10.4. The number of nitrogens with one attached hydrogen (secondary N) is 1. The van der Waals surface area contributed by atoms with E-state index in [0.29, 0.717) is 19.2 Å². The average molecular weight is 404 g/mol. The fourth-order valence-corrected chi connectivity index (χ4v) is 3.86. The Balaban J connectivity index is 0.00000280. The van der Waals surface area contributed by atoms with E-state index in [1.165, 1.54) is 43.2 Å². The number of ether oxygens (including phenoxy) is 1. The first-order valence-electron chi connectivity index (χ1n) is 10.4. The summed E-state index contributed by atoms with van der Waals surface area (Å²) in [5.41, 5.74) is 2.54. The fraction of sp³-hybridized carbons (Fsp3) is 0.500. The van der Waals surface area contributed by atoms with Gasteiger partial charge in [-0.1, -0.05) is 79.9 Å². The fourth-order valence-electron chi connectivity index (χ4n) is 3.86. The molecule has 1 atom stereocenters. The van der Waals surface area contributed by atoms with E-state index in [4.69, 9.17) is 4.74 Å². The highest BCUT2D eigenvalue weighted by atomic mass is 35.5. The Morgan fingerprint density at radius 2 is 1.39 bits per heavy atom. The zero-order chi connectivity index (χ0) is 18.7. The first kappa shape index (κ1) is 22.9. The summed E-state index contributed by atoms with van der Waals surface area (Å²) in [6.45, 7) is 0.998. The Hall–Kier alpha value is -1.39. The van der Waals surface area contributed by atoms with Crippen molar-refractivity contribution in [3.8, 4) is 0 Å². The predicted molar refractivity (Wildman–Crippen MR) is 118 cm³/mol. The molecule has 0 saturated heterocycles. The molecule has 0 bridgehead atoms. The highest BCUT2D eigenvalue weighted by Gasteiger charge is 2.17. The highest BCUT2D eigenvalue weighted by molar-refractivity contribution is 5.85. The van der Waals surface area contributed by atoms with Crippen LogP contribution in [0.15, 0.2) is 60.7 Å². The number of hydrogen-bond acceptors (Lipinski definition) is 3. The normalized spacial score (nSPS) is 15.9. The number of aliphatic hydroxyl groups excluding tert-OH is 1. The van der Waals surface area contributed by atoms with Crippen molar-refractivity contribution in [2.75, 3.05) is 13.2 Å². The SMILES string of the molecule is Cl.OC(CNC1CCCCC1)COC(Cc1ccccc1)Cc1ccccc1. The summed E-state index contributed by atoms with van der Waals surface area (Å²) in [4.78, 5) is 0. The van der Waals surface area contributed by atoms with Gasteiger partial charge in [0.2, 0.25) is 0 Å². The maximum Gasteiger partial charge on any atom is 0.0897 e. The van der Waals surface area contributed by atoms with Gasteiger partial charge in [0.1, 0.15) is 0 Å². The van der Waals surface area contributed by atoms with E-state index in [2.05, 4.69) is 53.8 Å². The van der Waals surface area contributed by atoms with Gasteiger partial charge in [-0.3, -0.25) is 0 Å². The molecule has 4 heteroatoms. The van der Waals surface area contributed by atoms with Crippen molar-refractivity contribution in [2.45, 2.75) is 63.2 Å². The number of hydrogen-bond donors (Lipinski definition) is 2. The third-order valence-corrected chi connectivity index (χ3v) is 5.38. The highest BCUT2D eigenvalue weighted by Crippen LogP contribution is 2.17. The van der Waals surface area contributed by atoms with Crippen molar-refractivity contribution in [2.24, 2.45) is 0 Å². The molecule has 3 rings (SSSR count). The molecule has 0 aromatic heterocycles. The van der Waals surface area contributed by atoms with Crippen molar-refractivity contribution in [1.29, 1.82) is 0 Å². The van der Waals surface area contributed by atoms with Gasteiger partial charge in [0, 0.05) is 12.6 Å². The lowest BCUT2D eigenvalue weighted by Crippen LogP contribution is -2.39. The Morgan fingerprint density at radius 1 is 0.857 bits per heavy atom. The Labute approximate surface area is 175 Å².